The summed E-state index contributed by atoms with van der Waals surface area (Å²) >= 11 is 0. The molecule has 1 aliphatic heterocycles. The van der Waals surface area contributed by atoms with Crippen LogP contribution in [0.15, 0.2) is 54.4 Å². The van der Waals surface area contributed by atoms with E-state index >= 15 is 0 Å². The van der Waals surface area contributed by atoms with Gasteiger partial charge in [0.05, 0.1) is 29.9 Å². The fourth-order valence-electron chi connectivity index (χ4n) is 4.08. The van der Waals surface area contributed by atoms with Crippen LogP contribution in [0.3, 0.4) is 0 Å². The largest absolute Gasteiger partial charge is 0.465 e. The van der Waals surface area contributed by atoms with E-state index in [4.69, 9.17) is 10.00 Å². The van der Waals surface area contributed by atoms with Crippen LogP contribution in [0.2, 0.25) is 0 Å². The molecule has 0 amide bonds. The molecule has 1 fully saturated rings. The molecule has 31 heavy (non-hydrogen) atoms. The fourth-order valence-corrected chi connectivity index (χ4v) is 4.08. The van der Waals surface area contributed by atoms with Crippen molar-refractivity contribution in [2.75, 3.05) is 38.2 Å². The number of hydrogen-bond donors (Lipinski definition) is 0. The maximum atomic E-state index is 11.9. The Kier molecular flexibility index (Phi) is 6.31. The van der Waals surface area contributed by atoms with Gasteiger partial charge in [0, 0.05) is 55.9 Å². The van der Waals surface area contributed by atoms with Crippen molar-refractivity contribution in [1.29, 1.82) is 5.26 Å². The molecule has 0 saturated carbocycles. The highest BCUT2D eigenvalue weighted by Gasteiger charge is 2.25. The van der Waals surface area contributed by atoms with Crippen LogP contribution in [-0.2, 0) is 4.74 Å². The molecule has 1 unspecified atom stereocenters. The summed E-state index contributed by atoms with van der Waals surface area (Å²) in [6.45, 7) is 3.93. The number of piperazine rings is 1. The lowest BCUT2D eigenvalue weighted by molar-refractivity contribution is 0.0600. The van der Waals surface area contributed by atoms with Crippen LogP contribution in [0, 0.1) is 23.2 Å². The number of rotatable bonds is 3. The van der Waals surface area contributed by atoms with E-state index in [2.05, 4.69) is 38.8 Å². The number of pyridine rings is 1. The minimum absolute atomic E-state index is 0.398. The van der Waals surface area contributed by atoms with Crippen molar-refractivity contribution in [3.8, 4) is 17.9 Å². The highest BCUT2D eigenvalue weighted by molar-refractivity contribution is 5.92. The van der Waals surface area contributed by atoms with Gasteiger partial charge in [0.15, 0.2) is 0 Å². The summed E-state index contributed by atoms with van der Waals surface area (Å²) in [7, 11) is 1.37. The van der Waals surface area contributed by atoms with E-state index in [1.54, 1.807) is 18.5 Å². The molecule has 2 heterocycles. The zero-order chi connectivity index (χ0) is 21.6. The molecular formula is C25H24N4O2. The number of nitrogens with zero attached hydrogens (tertiary/aromatic N) is 4. The Morgan fingerprint density at radius 1 is 1.13 bits per heavy atom. The first-order chi connectivity index (χ1) is 15.2. The standard InChI is InChI=1S/C25H24N4O2/c1-31-25(30)24-10-11-27-18-21(24)6-2-19-3-9-23(16-19)29-14-12-28(13-15-29)22-7-4-20(17-26)5-8-22/h4-5,7-8,10-11,16,18,23H,3,9,12-15H2,1H3. The molecule has 1 saturated heterocycles. The normalized spacial score (nSPS) is 18.5. The molecule has 4 rings (SSSR count). The summed E-state index contributed by atoms with van der Waals surface area (Å²) in [5, 5.41) is 8.96. The highest BCUT2D eigenvalue weighted by Crippen LogP contribution is 2.25. The molecule has 0 spiro atoms. The van der Waals surface area contributed by atoms with Gasteiger partial charge in [0.2, 0.25) is 0 Å². The third kappa shape index (κ3) is 4.77. The molecule has 1 aromatic carbocycles. The molecule has 1 aliphatic carbocycles. The van der Waals surface area contributed by atoms with E-state index in [0.29, 0.717) is 22.7 Å². The number of anilines is 1. The van der Waals surface area contributed by atoms with Crippen molar-refractivity contribution in [2.24, 2.45) is 0 Å². The second-order valence-electron chi connectivity index (χ2n) is 7.64. The maximum absolute atomic E-state index is 11.9. The topological polar surface area (TPSA) is 69.5 Å². The Morgan fingerprint density at radius 3 is 2.61 bits per heavy atom. The number of aromatic nitrogens is 1. The van der Waals surface area contributed by atoms with Gasteiger partial charge in [-0.3, -0.25) is 9.88 Å². The summed E-state index contributed by atoms with van der Waals surface area (Å²) in [5.41, 5.74) is 4.01. The van der Waals surface area contributed by atoms with Gasteiger partial charge in [-0.05, 0) is 43.2 Å². The molecule has 6 nitrogen and oxygen atoms in total. The number of nitriles is 1. The first-order valence-corrected chi connectivity index (χ1v) is 10.4. The van der Waals surface area contributed by atoms with Crippen molar-refractivity contribution in [3.63, 3.8) is 0 Å². The Labute approximate surface area is 182 Å². The molecule has 0 N–H and O–H groups in total. The zero-order valence-corrected chi connectivity index (χ0v) is 17.5. The lowest BCUT2D eigenvalue weighted by atomic mass is 10.1. The van der Waals surface area contributed by atoms with Gasteiger partial charge in [0.25, 0.3) is 0 Å². The second-order valence-corrected chi connectivity index (χ2v) is 7.64. The number of benzene rings is 1. The molecule has 156 valence electrons. The Hall–Kier alpha value is -3.61. The molecular weight excluding hydrogens is 388 g/mol. The van der Waals surface area contributed by atoms with Crippen LogP contribution in [-0.4, -0.2) is 55.2 Å². The Balaban J connectivity index is 1.37. The predicted molar refractivity (Wildman–Crippen MR) is 119 cm³/mol. The van der Waals surface area contributed by atoms with E-state index in [0.717, 1.165) is 44.6 Å². The van der Waals surface area contributed by atoms with E-state index in [9.17, 15) is 4.79 Å². The number of carbonyl (C=O) groups is 1. The van der Waals surface area contributed by atoms with E-state index in [-0.39, 0.29) is 0 Å². The monoisotopic (exact) mass is 412 g/mol. The van der Waals surface area contributed by atoms with Crippen molar-refractivity contribution in [1.82, 2.24) is 9.88 Å². The van der Waals surface area contributed by atoms with E-state index < -0.39 is 5.97 Å². The molecule has 2 aromatic rings. The van der Waals surface area contributed by atoms with Crippen LogP contribution in [0.4, 0.5) is 5.69 Å². The number of carbonyl (C=O) groups excluding carboxylic acids is 1. The molecule has 2 aliphatic rings. The summed E-state index contributed by atoms with van der Waals surface area (Å²) in [5.74, 6) is 5.93. The van der Waals surface area contributed by atoms with Crippen LogP contribution in [0.25, 0.3) is 0 Å². The van der Waals surface area contributed by atoms with E-state index in [1.165, 1.54) is 12.8 Å². The summed E-state index contributed by atoms with van der Waals surface area (Å²) < 4.78 is 4.82. The van der Waals surface area contributed by atoms with Gasteiger partial charge in [-0.15, -0.1) is 0 Å². The smallest absolute Gasteiger partial charge is 0.339 e. The van der Waals surface area contributed by atoms with Gasteiger partial charge in [-0.25, -0.2) is 4.79 Å². The van der Waals surface area contributed by atoms with Gasteiger partial charge in [-0.2, -0.15) is 5.26 Å². The number of esters is 1. The summed E-state index contributed by atoms with van der Waals surface area (Å²) in [4.78, 5) is 20.9. The molecule has 0 bridgehead atoms. The average molecular weight is 412 g/mol. The zero-order valence-electron chi connectivity index (χ0n) is 17.5. The number of allylic oxidation sites excluding steroid dienone is 1. The SMILES string of the molecule is COC(=O)c1ccncc1C#CC1=CC(N2CCN(c3ccc(C#N)cc3)CC2)CC1. The number of hydrogen-bond acceptors (Lipinski definition) is 6. The molecule has 6 heteroatoms. The van der Waals surface area contributed by atoms with Gasteiger partial charge < -0.3 is 9.64 Å². The van der Waals surface area contributed by atoms with Crippen LogP contribution in [0.5, 0.6) is 0 Å². The third-order valence-electron chi connectivity index (χ3n) is 5.83. The van der Waals surface area contributed by atoms with Crippen LogP contribution < -0.4 is 4.90 Å². The van der Waals surface area contributed by atoms with Crippen molar-refractivity contribution in [2.45, 2.75) is 18.9 Å². The van der Waals surface area contributed by atoms with Gasteiger partial charge in [0.1, 0.15) is 0 Å². The minimum atomic E-state index is -0.398. The van der Waals surface area contributed by atoms with Crippen LogP contribution in [0.1, 0.15) is 34.3 Å². The summed E-state index contributed by atoms with van der Waals surface area (Å²) in [6.07, 6.45) is 7.45. The van der Waals surface area contributed by atoms with Crippen molar-refractivity contribution >= 4 is 11.7 Å². The lowest BCUT2D eigenvalue weighted by Crippen LogP contribution is -2.49. The highest BCUT2D eigenvalue weighted by atomic mass is 16.5. The summed E-state index contributed by atoms with van der Waals surface area (Å²) in [6, 6.07) is 12.0. The van der Waals surface area contributed by atoms with Crippen LogP contribution >= 0.6 is 0 Å². The Bertz CT molecular complexity index is 1080. The second kappa shape index (κ2) is 9.47. The molecule has 0 radical (unpaired) electrons. The van der Waals surface area contributed by atoms with Crippen molar-refractivity contribution in [3.05, 3.63) is 71.1 Å². The van der Waals surface area contributed by atoms with Gasteiger partial charge in [-0.1, -0.05) is 17.9 Å². The van der Waals surface area contributed by atoms with Crippen molar-refractivity contribution < 1.29 is 9.53 Å². The number of ether oxygens (including phenoxy) is 1. The molecule has 1 aromatic heterocycles. The minimum Gasteiger partial charge on any atom is -0.465 e. The number of methoxy groups -OCH3 is 1. The Morgan fingerprint density at radius 2 is 1.90 bits per heavy atom. The third-order valence-corrected chi connectivity index (χ3v) is 5.83. The predicted octanol–water partition coefficient (Wildman–Crippen LogP) is 3.00. The first kappa shape index (κ1) is 20.7. The van der Waals surface area contributed by atoms with Gasteiger partial charge >= 0.3 is 5.97 Å². The van der Waals surface area contributed by atoms with E-state index in [1.807, 2.05) is 24.3 Å². The average Bonchev–Trinajstić information content (AvgIpc) is 3.32. The lowest BCUT2D eigenvalue weighted by Gasteiger charge is -2.38. The maximum Gasteiger partial charge on any atom is 0.339 e. The molecule has 1 atom stereocenters. The fraction of sp³-hybridized carbons (Fsp3) is 0.320. The quantitative estimate of drug-likeness (QED) is 0.570. The first-order valence-electron chi connectivity index (χ1n) is 10.4.